The maximum Gasteiger partial charge on any atom is 0.349 e. The maximum atomic E-state index is 13.0. The summed E-state index contributed by atoms with van der Waals surface area (Å²) >= 11 is 0. The third kappa shape index (κ3) is 2.67. The first-order valence-electron chi connectivity index (χ1n) is 8.06. The number of hydrogen-bond acceptors (Lipinski definition) is 3. The molecule has 0 atom stereocenters. The van der Waals surface area contributed by atoms with Gasteiger partial charge in [0, 0.05) is 18.3 Å². The fourth-order valence-corrected chi connectivity index (χ4v) is 3.52. The Morgan fingerprint density at radius 1 is 1.09 bits per heavy atom. The standard InChI is InChI=1S/C18H18FN3O/c19-13-5-7-14(8-6-13)20-17-11-16-15-4-2-1-3-12(15)9-10-22(16)18(23)21-17/h5-8,11H,1-4,9-10H2,(H,20,21,23). The summed E-state index contributed by atoms with van der Waals surface area (Å²) in [4.78, 5) is 16.5. The first-order valence-corrected chi connectivity index (χ1v) is 8.06. The van der Waals surface area contributed by atoms with Crippen LogP contribution in [-0.4, -0.2) is 9.55 Å². The molecule has 23 heavy (non-hydrogen) atoms. The van der Waals surface area contributed by atoms with Crippen LogP contribution in [0.3, 0.4) is 0 Å². The lowest BCUT2D eigenvalue weighted by molar-refractivity contribution is 0.574. The molecule has 0 bridgehead atoms. The first kappa shape index (κ1) is 14.2. The van der Waals surface area contributed by atoms with E-state index >= 15 is 0 Å². The van der Waals surface area contributed by atoms with Gasteiger partial charge in [0.25, 0.3) is 0 Å². The highest BCUT2D eigenvalue weighted by molar-refractivity contribution is 5.71. The summed E-state index contributed by atoms with van der Waals surface area (Å²) in [6.45, 7) is 0.719. The minimum Gasteiger partial charge on any atom is -0.340 e. The van der Waals surface area contributed by atoms with E-state index in [1.54, 1.807) is 16.7 Å². The molecule has 0 amide bonds. The summed E-state index contributed by atoms with van der Waals surface area (Å²) in [5.74, 6) is 0.234. The van der Waals surface area contributed by atoms with E-state index in [4.69, 9.17) is 0 Å². The molecule has 1 aliphatic carbocycles. The predicted molar refractivity (Wildman–Crippen MR) is 88.2 cm³/mol. The quantitative estimate of drug-likeness (QED) is 0.916. The molecule has 2 heterocycles. The summed E-state index contributed by atoms with van der Waals surface area (Å²) in [6, 6.07) is 7.99. The van der Waals surface area contributed by atoms with Gasteiger partial charge in [0.2, 0.25) is 0 Å². The largest absolute Gasteiger partial charge is 0.349 e. The van der Waals surface area contributed by atoms with Crippen molar-refractivity contribution in [2.24, 2.45) is 0 Å². The molecule has 0 saturated carbocycles. The highest BCUT2D eigenvalue weighted by atomic mass is 19.1. The molecule has 1 aromatic heterocycles. The fourth-order valence-electron chi connectivity index (χ4n) is 3.52. The van der Waals surface area contributed by atoms with Crippen LogP contribution in [0.15, 0.2) is 40.7 Å². The molecule has 2 aliphatic rings. The number of rotatable bonds is 2. The number of hydrogen-bond donors (Lipinski definition) is 1. The lowest BCUT2D eigenvalue weighted by Gasteiger charge is -2.28. The fraction of sp³-hybridized carbons (Fsp3) is 0.333. The third-order valence-electron chi connectivity index (χ3n) is 4.66. The van der Waals surface area contributed by atoms with Crippen LogP contribution in [0, 0.1) is 5.82 Å². The zero-order chi connectivity index (χ0) is 15.8. The van der Waals surface area contributed by atoms with Gasteiger partial charge in [-0.3, -0.25) is 4.57 Å². The van der Waals surface area contributed by atoms with E-state index in [0.717, 1.165) is 37.2 Å². The maximum absolute atomic E-state index is 13.0. The zero-order valence-corrected chi connectivity index (χ0v) is 12.8. The Balaban J connectivity index is 1.74. The van der Waals surface area contributed by atoms with E-state index in [1.165, 1.54) is 36.1 Å². The topological polar surface area (TPSA) is 46.9 Å². The molecule has 0 spiro atoms. The van der Waals surface area contributed by atoms with E-state index < -0.39 is 0 Å². The Kier molecular flexibility index (Phi) is 3.48. The second-order valence-corrected chi connectivity index (χ2v) is 6.13. The average Bonchev–Trinajstić information content (AvgIpc) is 2.57. The average molecular weight is 311 g/mol. The zero-order valence-electron chi connectivity index (χ0n) is 12.8. The predicted octanol–water partition coefficient (Wildman–Crippen LogP) is 3.86. The lowest BCUT2D eigenvalue weighted by atomic mass is 9.86. The molecule has 1 N–H and O–H groups in total. The highest BCUT2D eigenvalue weighted by Crippen LogP contribution is 2.37. The molecule has 0 saturated heterocycles. The van der Waals surface area contributed by atoms with Gasteiger partial charge in [-0.2, -0.15) is 4.98 Å². The van der Waals surface area contributed by atoms with Gasteiger partial charge < -0.3 is 5.32 Å². The Hall–Kier alpha value is -2.43. The Bertz CT molecular complexity index is 836. The van der Waals surface area contributed by atoms with Crippen molar-refractivity contribution in [2.45, 2.75) is 38.6 Å². The molecule has 4 nitrogen and oxygen atoms in total. The third-order valence-corrected chi connectivity index (χ3v) is 4.66. The van der Waals surface area contributed by atoms with Crippen molar-refractivity contribution in [1.82, 2.24) is 9.55 Å². The molecular formula is C18H18FN3O. The lowest BCUT2D eigenvalue weighted by Crippen LogP contribution is -2.30. The normalized spacial score (nSPS) is 16.7. The van der Waals surface area contributed by atoms with Gasteiger partial charge in [0.15, 0.2) is 0 Å². The molecular weight excluding hydrogens is 293 g/mol. The molecule has 1 aromatic carbocycles. The van der Waals surface area contributed by atoms with E-state index in [1.807, 2.05) is 6.07 Å². The molecule has 4 rings (SSSR count). The van der Waals surface area contributed by atoms with Crippen LogP contribution in [0.1, 0.15) is 37.8 Å². The van der Waals surface area contributed by atoms with E-state index in [0.29, 0.717) is 5.82 Å². The van der Waals surface area contributed by atoms with Gasteiger partial charge >= 0.3 is 5.69 Å². The minimum absolute atomic E-state index is 0.218. The summed E-state index contributed by atoms with van der Waals surface area (Å²) in [5.41, 5.74) is 4.32. The van der Waals surface area contributed by atoms with Crippen LogP contribution >= 0.6 is 0 Å². The first-order chi connectivity index (χ1) is 11.2. The summed E-state index contributed by atoms with van der Waals surface area (Å²) in [7, 11) is 0. The van der Waals surface area contributed by atoms with Crippen LogP contribution in [0.4, 0.5) is 15.9 Å². The van der Waals surface area contributed by atoms with E-state index in [2.05, 4.69) is 10.3 Å². The van der Waals surface area contributed by atoms with E-state index in [-0.39, 0.29) is 11.5 Å². The minimum atomic E-state index is -0.286. The number of nitrogens with zero attached hydrogens (tertiary/aromatic N) is 2. The van der Waals surface area contributed by atoms with Gasteiger partial charge in [-0.05, 0) is 61.9 Å². The Morgan fingerprint density at radius 2 is 1.87 bits per heavy atom. The van der Waals surface area contributed by atoms with Crippen molar-refractivity contribution in [2.75, 3.05) is 5.32 Å². The second-order valence-electron chi connectivity index (χ2n) is 6.13. The van der Waals surface area contributed by atoms with E-state index in [9.17, 15) is 9.18 Å². The van der Waals surface area contributed by atoms with Crippen molar-refractivity contribution >= 4 is 17.1 Å². The molecule has 118 valence electrons. The van der Waals surface area contributed by atoms with Crippen molar-refractivity contribution in [3.8, 4) is 0 Å². The molecule has 0 unspecified atom stereocenters. The summed E-state index contributed by atoms with van der Waals surface area (Å²) < 4.78 is 14.8. The molecule has 5 heteroatoms. The van der Waals surface area contributed by atoms with Crippen molar-refractivity contribution in [3.63, 3.8) is 0 Å². The highest BCUT2D eigenvalue weighted by Gasteiger charge is 2.23. The molecule has 1 aliphatic heterocycles. The number of anilines is 2. The Labute approximate surface area is 133 Å². The Morgan fingerprint density at radius 3 is 2.70 bits per heavy atom. The number of benzene rings is 1. The monoisotopic (exact) mass is 311 g/mol. The van der Waals surface area contributed by atoms with Gasteiger partial charge in [-0.1, -0.05) is 5.57 Å². The summed E-state index contributed by atoms with van der Waals surface area (Å²) in [5, 5.41) is 3.10. The van der Waals surface area contributed by atoms with Crippen LogP contribution in [0.5, 0.6) is 0 Å². The number of fused-ring (bicyclic) bond motifs is 2. The van der Waals surface area contributed by atoms with Crippen LogP contribution in [-0.2, 0) is 6.54 Å². The van der Waals surface area contributed by atoms with Gasteiger partial charge in [0.05, 0.1) is 5.69 Å². The molecule has 2 aromatic rings. The number of aromatic nitrogens is 2. The number of allylic oxidation sites excluding steroid dienone is 2. The molecule has 0 fully saturated rings. The van der Waals surface area contributed by atoms with Crippen LogP contribution in [0.2, 0.25) is 0 Å². The van der Waals surface area contributed by atoms with Crippen LogP contribution in [0.25, 0.3) is 5.57 Å². The smallest absolute Gasteiger partial charge is 0.340 e. The van der Waals surface area contributed by atoms with Crippen molar-refractivity contribution in [1.29, 1.82) is 0 Å². The summed E-state index contributed by atoms with van der Waals surface area (Å²) in [6.07, 6.45) is 5.57. The number of halogens is 1. The SMILES string of the molecule is O=c1nc(Nc2ccc(F)cc2)cc2n1CCC1=C2CCCC1. The van der Waals surface area contributed by atoms with Crippen LogP contribution < -0.4 is 11.0 Å². The molecule has 0 radical (unpaired) electrons. The van der Waals surface area contributed by atoms with Gasteiger partial charge in [-0.15, -0.1) is 0 Å². The number of nitrogens with one attached hydrogen (secondary N) is 1. The second kappa shape index (κ2) is 5.65. The van der Waals surface area contributed by atoms with Gasteiger partial charge in [-0.25, -0.2) is 9.18 Å². The van der Waals surface area contributed by atoms with Crippen molar-refractivity contribution < 1.29 is 4.39 Å². The van der Waals surface area contributed by atoms with Crippen molar-refractivity contribution in [3.05, 3.63) is 57.9 Å². The van der Waals surface area contributed by atoms with Gasteiger partial charge in [0.1, 0.15) is 11.6 Å².